The van der Waals surface area contributed by atoms with Gasteiger partial charge >= 0.3 is 0 Å². The van der Waals surface area contributed by atoms with Crippen LogP contribution in [-0.2, 0) is 20.1 Å². The Morgan fingerprint density at radius 2 is 1.15 bits per heavy atom. The number of fused-ring (bicyclic) bond motifs is 4. The van der Waals surface area contributed by atoms with Gasteiger partial charge in [-0.05, 0) is 98.4 Å². The van der Waals surface area contributed by atoms with Gasteiger partial charge < -0.3 is 14.0 Å². The quantitative estimate of drug-likeness (QED) is 0.142. The van der Waals surface area contributed by atoms with E-state index in [1.54, 1.807) is 12.1 Å². The minimum atomic E-state index is -0.320. The van der Waals surface area contributed by atoms with E-state index in [-0.39, 0.29) is 37.8 Å². The minimum Gasteiger partial charge on any atom is -0.501 e. The van der Waals surface area contributed by atoms with Gasteiger partial charge in [0.2, 0.25) is 0 Å². The van der Waals surface area contributed by atoms with Gasteiger partial charge in [-0.15, -0.1) is 54.1 Å². The number of halogens is 1. The van der Waals surface area contributed by atoms with Crippen LogP contribution in [0.3, 0.4) is 0 Å². The monoisotopic (exact) mass is 1040 g/mol. The van der Waals surface area contributed by atoms with Crippen molar-refractivity contribution in [2.45, 2.75) is 39.5 Å². The molecule has 0 saturated carbocycles. The van der Waals surface area contributed by atoms with Gasteiger partial charge in [0.05, 0.1) is 28.6 Å². The summed E-state index contributed by atoms with van der Waals surface area (Å²) in [6.45, 7) is 9.17. The first-order valence-electron chi connectivity index (χ1n) is 22.1. The third-order valence-corrected chi connectivity index (χ3v) is 12.0. The first-order chi connectivity index (χ1) is 31.8. The van der Waals surface area contributed by atoms with E-state index in [4.69, 9.17) is 9.40 Å². The van der Waals surface area contributed by atoms with E-state index in [9.17, 15) is 4.39 Å². The van der Waals surface area contributed by atoms with Crippen molar-refractivity contribution < 1.29 is 28.9 Å². The van der Waals surface area contributed by atoms with E-state index in [1.807, 2.05) is 30.3 Å². The summed E-state index contributed by atoms with van der Waals surface area (Å²) in [5.74, 6) is 1.03. The van der Waals surface area contributed by atoms with Crippen molar-refractivity contribution in [2.24, 2.45) is 0 Å². The van der Waals surface area contributed by atoms with Crippen molar-refractivity contribution in [2.75, 3.05) is 0 Å². The number of nitrogens with zero attached hydrogens (tertiary/aromatic N) is 3. The van der Waals surface area contributed by atoms with E-state index in [0.29, 0.717) is 0 Å². The van der Waals surface area contributed by atoms with Crippen molar-refractivity contribution in [1.29, 1.82) is 0 Å². The maximum Gasteiger partial charge on any atom is 0.139 e. The van der Waals surface area contributed by atoms with Crippen LogP contribution in [0.5, 0.6) is 0 Å². The van der Waals surface area contributed by atoms with Gasteiger partial charge in [0.1, 0.15) is 11.4 Å². The summed E-state index contributed by atoms with van der Waals surface area (Å²) >= 11 is 0. The summed E-state index contributed by atoms with van der Waals surface area (Å²) < 4.78 is 21.7. The Labute approximate surface area is 398 Å². The van der Waals surface area contributed by atoms with Crippen molar-refractivity contribution >= 4 is 33.0 Å². The molecule has 0 fully saturated rings. The molecule has 0 bridgehead atoms. The molecule has 0 aliphatic rings. The van der Waals surface area contributed by atoms with Crippen LogP contribution in [0.15, 0.2) is 199 Å². The molecule has 11 rings (SSSR count). The van der Waals surface area contributed by atoms with Crippen LogP contribution < -0.4 is 0 Å². The van der Waals surface area contributed by atoms with Gasteiger partial charge in [0.15, 0.2) is 0 Å². The predicted octanol–water partition coefficient (Wildman–Crippen LogP) is 16.3. The molecule has 3 heterocycles. The van der Waals surface area contributed by atoms with Crippen molar-refractivity contribution in [1.82, 2.24) is 14.5 Å². The van der Waals surface area contributed by atoms with Crippen LogP contribution in [0, 0.1) is 17.9 Å². The maximum atomic E-state index is 12.5. The maximum absolute atomic E-state index is 12.5. The van der Waals surface area contributed by atoms with Gasteiger partial charge in [-0.2, -0.15) is 0 Å². The van der Waals surface area contributed by atoms with E-state index in [1.165, 1.54) is 51.3 Å². The molecule has 0 amide bonds. The fourth-order valence-electron chi connectivity index (χ4n) is 8.70. The second kappa shape index (κ2) is 19.1. The minimum absolute atomic E-state index is 0. The van der Waals surface area contributed by atoms with Gasteiger partial charge in [-0.1, -0.05) is 154 Å². The van der Waals surface area contributed by atoms with Gasteiger partial charge in [0.25, 0.3) is 0 Å². The van der Waals surface area contributed by atoms with Crippen molar-refractivity contribution in [3.63, 3.8) is 0 Å². The summed E-state index contributed by atoms with van der Waals surface area (Å²) in [6.07, 6.45) is 1.20. The number of hydrogen-bond acceptors (Lipinski definition) is 3. The molecule has 66 heavy (non-hydrogen) atoms. The first kappa shape index (κ1) is 44.0. The summed E-state index contributed by atoms with van der Waals surface area (Å²) in [5.41, 5.74) is 17.0. The zero-order valence-electron chi connectivity index (χ0n) is 37.1. The Morgan fingerprint density at radius 3 is 1.79 bits per heavy atom. The summed E-state index contributed by atoms with van der Waals surface area (Å²) in [6, 6.07) is 71.0. The fraction of sp³-hybridized carbons (Fsp3) is 0.100. The van der Waals surface area contributed by atoms with Gasteiger partial charge in [-0.3, -0.25) is 4.98 Å². The number of hydrogen-bond donors (Lipinski definition) is 0. The topological polar surface area (TPSA) is 43.9 Å². The predicted molar refractivity (Wildman–Crippen MR) is 266 cm³/mol. The zero-order chi connectivity index (χ0) is 44.4. The second-order valence-corrected chi connectivity index (χ2v) is 16.9. The summed E-state index contributed by atoms with van der Waals surface area (Å²) in [5, 5.41) is 2.14. The number of para-hydroxylation sites is 2. The molecule has 0 unspecified atom stereocenters. The molecule has 8 aromatic carbocycles. The normalized spacial score (nSPS) is 11.3. The zero-order valence-corrected chi connectivity index (χ0v) is 39.5. The molecule has 11 aromatic rings. The van der Waals surface area contributed by atoms with E-state index in [2.05, 4.69) is 189 Å². The third-order valence-electron chi connectivity index (χ3n) is 12.0. The first-order valence-corrected chi connectivity index (χ1v) is 22.1. The Morgan fingerprint density at radius 1 is 0.545 bits per heavy atom. The molecule has 1 radical (unpaired) electrons. The number of benzene rings is 8. The average molecular weight is 1040 g/mol. The van der Waals surface area contributed by atoms with Crippen LogP contribution in [0.2, 0.25) is 0 Å². The average Bonchev–Trinajstić information content (AvgIpc) is 3.93. The van der Waals surface area contributed by atoms with Gasteiger partial charge in [-0.25, -0.2) is 4.39 Å². The van der Waals surface area contributed by atoms with E-state index in [0.717, 1.165) is 66.7 Å². The molecular formula is C60H46FIrN3O-2. The van der Waals surface area contributed by atoms with Crippen molar-refractivity contribution in [3.05, 3.63) is 223 Å². The molecule has 0 N–H and O–H groups in total. The number of aromatic nitrogens is 3. The van der Waals surface area contributed by atoms with Gasteiger partial charge in [0, 0.05) is 31.2 Å². The number of rotatable bonds is 8. The second-order valence-electron chi connectivity index (χ2n) is 16.9. The van der Waals surface area contributed by atoms with Crippen LogP contribution >= 0.6 is 0 Å². The molecule has 0 aliphatic carbocycles. The molecule has 0 aliphatic heterocycles. The molecule has 0 spiro atoms. The summed E-state index contributed by atoms with van der Waals surface area (Å²) in [7, 11) is 0. The number of imidazole rings is 1. The fourth-order valence-corrected chi connectivity index (χ4v) is 8.70. The van der Waals surface area contributed by atoms with Crippen molar-refractivity contribution in [3.8, 4) is 61.7 Å². The Hall–Kier alpha value is -7.24. The molecular weight excluding hydrogens is 990 g/mol. The van der Waals surface area contributed by atoms with E-state index < -0.39 is 0 Å². The summed E-state index contributed by atoms with van der Waals surface area (Å²) in [4.78, 5) is 9.28. The molecule has 6 heteroatoms. The Balaban J connectivity index is 0.000000337. The number of furan rings is 1. The van der Waals surface area contributed by atoms with Crippen LogP contribution in [0.4, 0.5) is 4.39 Å². The smallest absolute Gasteiger partial charge is 0.139 e. The van der Waals surface area contributed by atoms with Crippen LogP contribution in [-0.4, -0.2) is 14.5 Å². The standard InChI is InChI=1S/C49H39N2O.C11H7FN.Ir/c1-31(2)42-28-38(36-24-22-35(23-25-36)33-14-7-5-8-15-33)29-43(32(3)4)47(42)51-45-21-12-11-20-44(45)50-49(51)41-19-13-18-40-39-27-26-37(30-46(39)52-48(40)41)34-16-9-6-10-17-34;12-10-6-7-11(13-8-10)9-4-2-1-3-5-9;/h5-18,20-32H,1-4H3;1-4,6-8H;/q2*-1;. The molecule has 0 atom stereocenters. The van der Waals surface area contributed by atoms with Crippen LogP contribution in [0.25, 0.3) is 94.7 Å². The Kier molecular flexibility index (Phi) is 12.7. The molecule has 4 nitrogen and oxygen atoms in total. The SMILES string of the molecule is CC(C)c1cc(-c2ccc(-c3ccccc3)cc2)cc(C(C)C)c1-n1c(-c2[c-]ccc3c2oc2cc(-c4ccccc4)ccc23)nc2ccccc21.Fc1ccc(-c2[c-]cccc2)nc1.[Ir]. The Bertz CT molecular complexity index is 3390. The third kappa shape index (κ3) is 8.66. The van der Waals surface area contributed by atoms with Crippen LogP contribution in [0.1, 0.15) is 50.7 Å². The number of pyridine rings is 1. The van der Waals surface area contributed by atoms with E-state index >= 15 is 0 Å². The molecule has 3 aromatic heterocycles. The largest absolute Gasteiger partial charge is 0.501 e. The molecule has 325 valence electrons. The molecule has 0 saturated heterocycles.